The number of aliphatic carboxylic acids is 1. The van der Waals surface area contributed by atoms with Crippen LogP contribution in [0.4, 0.5) is 0 Å². The molecule has 1 rings (SSSR count). The van der Waals surface area contributed by atoms with Crippen molar-refractivity contribution in [2.45, 2.75) is 151 Å². The summed E-state index contributed by atoms with van der Waals surface area (Å²) < 4.78 is 0. The maximum atomic E-state index is 14.5. The number of ketones is 1. The molecule has 0 fully saturated rings. The molecule has 20 nitrogen and oxygen atoms in total. The van der Waals surface area contributed by atoms with Crippen LogP contribution in [-0.4, -0.2) is 161 Å². The summed E-state index contributed by atoms with van der Waals surface area (Å²) in [5.74, 6) is -9.34. The molecule has 0 bridgehead atoms. The molecule has 20 heteroatoms. The molecule has 1 aromatic carbocycles. The summed E-state index contributed by atoms with van der Waals surface area (Å²) in [5.41, 5.74) is -1.10. The molecule has 0 saturated heterocycles. The van der Waals surface area contributed by atoms with E-state index in [1.165, 1.54) is 70.5 Å². The van der Waals surface area contributed by atoms with E-state index < -0.39 is 132 Å². The first-order chi connectivity index (χ1) is 32.0. The zero-order valence-electron chi connectivity index (χ0n) is 43.3. The Hall–Kier alpha value is -5.92. The molecule has 0 aliphatic rings. The molecule has 10 atom stereocenters. The Bertz CT molecular complexity index is 1960. The molecular formula is C49H80N8O12. The zero-order chi connectivity index (χ0) is 53.2. The number of carboxylic acid groups (broad SMARTS) is 1. The van der Waals surface area contributed by atoms with Crippen LogP contribution in [0.15, 0.2) is 30.3 Å². The van der Waals surface area contributed by atoms with Gasteiger partial charge in [-0.2, -0.15) is 0 Å². The first-order valence-electron chi connectivity index (χ1n) is 23.8. The molecular weight excluding hydrogens is 893 g/mol. The summed E-state index contributed by atoms with van der Waals surface area (Å²) >= 11 is 0. The Morgan fingerprint density at radius 1 is 0.609 bits per heavy atom. The number of carbonyl (C=O) groups excluding carboxylic acids is 9. The molecule has 0 heterocycles. The van der Waals surface area contributed by atoms with Crippen LogP contribution in [0.2, 0.25) is 0 Å². The van der Waals surface area contributed by atoms with E-state index in [2.05, 4.69) is 26.6 Å². The monoisotopic (exact) mass is 973 g/mol. The lowest BCUT2D eigenvalue weighted by atomic mass is 9.83. The predicted molar refractivity (Wildman–Crippen MR) is 259 cm³/mol. The van der Waals surface area contributed by atoms with Gasteiger partial charge in [-0.3, -0.25) is 47.9 Å². The van der Waals surface area contributed by atoms with Gasteiger partial charge in [-0.15, -0.1) is 0 Å². The van der Waals surface area contributed by atoms with Gasteiger partial charge >= 0.3 is 5.97 Å². The highest BCUT2D eigenvalue weighted by atomic mass is 16.4. The Morgan fingerprint density at radius 3 is 1.59 bits per heavy atom. The van der Waals surface area contributed by atoms with Gasteiger partial charge in [0.1, 0.15) is 35.7 Å². The molecule has 0 aliphatic carbocycles. The van der Waals surface area contributed by atoms with Gasteiger partial charge in [0, 0.05) is 33.6 Å². The van der Waals surface area contributed by atoms with Gasteiger partial charge in [0.15, 0.2) is 5.78 Å². The van der Waals surface area contributed by atoms with Crippen LogP contribution < -0.4 is 26.6 Å². The smallest absolute Gasteiger partial charge is 0.308 e. The number of nitrogens with zero attached hydrogens (tertiary/aromatic N) is 3. The van der Waals surface area contributed by atoms with Crippen molar-refractivity contribution in [2.24, 2.45) is 29.1 Å². The first kappa shape index (κ1) is 61.1. The van der Waals surface area contributed by atoms with E-state index in [1.54, 1.807) is 65.0 Å². The maximum absolute atomic E-state index is 14.5. The van der Waals surface area contributed by atoms with E-state index in [9.17, 15) is 58.2 Å². The van der Waals surface area contributed by atoms with Crippen LogP contribution in [0.25, 0.3) is 0 Å². The van der Waals surface area contributed by atoms with Gasteiger partial charge in [0.05, 0.1) is 25.0 Å². The highest BCUT2D eigenvalue weighted by molar-refractivity contribution is 6.09. The van der Waals surface area contributed by atoms with Crippen LogP contribution in [0.3, 0.4) is 0 Å². The number of aliphatic hydroxyl groups excluding tert-OH is 1. The quantitative estimate of drug-likeness (QED) is 0.0585. The summed E-state index contributed by atoms with van der Waals surface area (Å²) in [6, 6.07) is 2.27. The van der Waals surface area contributed by atoms with Crippen molar-refractivity contribution < 1.29 is 58.2 Å². The second kappa shape index (κ2) is 27.9. The van der Waals surface area contributed by atoms with Crippen molar-refractivity contribution in [3.8, 4) is 0 Å². The van der Waals surface area contributed by atoms with Gasteiger partial charge in [0.25, 0.3) is 0 Å². The SMILES string of the molecule is CCC(C)[C@H](O)C(=O)NCC(=O)N(C)[C@H](C(=O)NCC(=O)N(C)[C@H](C(=O)N(C)[C@@H](Cc1ccccc1)C(=O)N[C@@H](C)C(=O)C(C)(C)C(=O)N[C@@H](C)C(=O)N[C@H](CC)[C@H](C)C(=O)O)C(C)C)[C@@H](C)CC. The van der Waals surface area contributed by atoms with Crippen LogP contribution in [0.1, 0.15) is 108 Å². The van der Waals surface area contributed by atoms with Gasteiger partial charge in [-0.1, -0.05) is 91.6 Å². The zero-order valence-corrected chi connectivity index (χ0v) is 43.3. The van der Waals surface area contributed by atoms with E-state index in [0.29, 0.717) is 24.8 Å². The average molecular weight is 973 g/mol. The van der Waals surface area contributed by atoms with E-state index in [1.807, 2.05) is 13.8 Å². The third-order valence-electron chi connectivity index (χ3n) is 13.1. The van der Waals surface area contributed by atoms with E-state index in [4.69, 9.17) is 0 Å². The standard InChI is InChI=1S/C49H80N8O12/c1-16-28(6)39(57(15)37(59)26-51-45(65)40(60)29(7)17-2)44(64)50-25-36(58)56(14)38(27(4)5)46(66)55(13)35(24-33-22-20-19-21-23-33)43(63)52-31(9)41(61)49(11,12)48(69)53-32(10)42(62)54-34(18-3)30(8)47(67)68/h19-23,27-32,34-35,38-40,60H,16-18,24-26H2,1-15H3,(H,50,64)(H,51,65)(H,52,63)(H,53,69)(H,54,62)(H,67,68)/t28-,29?,30-,31-,32-,34+,35-,38-,39-,40-/m0/s1. The lowest BCUT2D eigenvalue weighted by molar-refractivity contribution is -0.150. The van der Waals surface area contributed by atoms with Crippen LogP contribution >= 0.6 is 0 Å². The van der Waals surface area contributed by atoms with Crippen molar-refractivity contribution in [1.82, 2.24) is 41.3 Å². The molecule has 8 amide bonds. The van der Waals surface area contributed by atoms with Crippen LogP contribution in [0.5, 0.6) is 0 Å². The second-order valence-corrected chi connectivity index (χ2v) is 19.0. The largest absolute Gasteiger partial charge is 0.481 e. The number of carboxylic acids is 1. The molecule has 0 radical (unpaired) electrons. The van der Waals surface area contributed by atoms with Crippen LogP contribution in [-0.2, 0) is 54.4 Å². The van der Waals surface area contributed by atoms with E-state index in [-0.39, 0.29) is 18.3 Å². The predicted octanol–water partition coefficient (Wildman–Crippen LogP) is 1.27. The fraction of sp³-hybridized carbons (Fsp3) is 0.673. The normalized spacial score (nSPS) is 15.8. The summed E-state index contributed by atoms with van der Waals surface area (Å²) in [6.07, 6.45) is 0.0275. The van der Waals surface area contributed by atoms with Gasteiger partial charge in [-0.05, 0) is 64.4 Å². The van der Waals surface area contributed by atoms with E-state index in [0.717, 1.165) is 0 Å². The number of Topliss-reactive ketones (excluding diaryl/α,β-unsaturated/α-hetero) is 1. The molecule has 0 saturated carbocycles. The van der Waals surface area contributed by atoms with Crippen molar-refractivity contribution in [1.29, 1.82) is 0 Å². The topological polar surface area (TPSA) is 281 Å². The third-order valence-corrected chi connectivity index (χ3v) is 13.1. The number of likely N-dealkylation sites (N-methyl/N-ethyl adjacent to an activating group) is 3. The Balaban J connectivity index is 3.28. The second-order valence-electron chi connectivity index (χ2n) is 19.0. The number of benzene rings is 1. The number of rotatable bonds is 28. The third kappa shape index (κ3) is 17.2. The van der Waals surface area contributed by atoms with Gasteiger partial charge < -0.3 is 51.5 Å². The molecule has 1 unspecified atom stereocenters. The van der Waals surface area contributed by atoms with E-state index >= 15 is 0 Å². The number of aliphatic hydroxyl groups is 1. The lowest BCUT2D eigenvalue weighted by Gasteiger charge is -2.37. The number of carbonyl (C=O) groups is 10. The summed E-state index contributed by atoms with van der Waals surface area (Å²) in [4.78, 5) is 137. The number of nitrogens with one attached hydrogen (secondary N) is 5. The van der Waals surface area contributed by atoms with Crippen molar-refractivity contribution >= 4 is 59.0 Å². The average Bonchev–Trinajstić information content (AvgIpc) is 3.31. The Morgan fingerprint density at radius 2 is 1.12 bits per heavy atom. The van der Waals surface area contributed by atoms with Crippen molar-refractivity contribution in [3.63, 3.8) is 0 Å². The molecule has 7 N–H and O–H groups in total. The van der Waals surface area contributed by atoms with Crippen LogP contribution in [0, 0.1) is 29.1 Å². The molecule has 0 spiro atoms. The van der Waals surface area contributed by atoms with Gasteiger partial charge in [-0.25, -0.2) is 0 Å². The number of hydrogen-bond acceptors (Lipinski definition) is 11. The van der Waals surface area contributed by atoms with Gasteiger partial charge in [0.2, 0.25) is 47.3 Å². The fourth-order valence-electron chi connectivity index (χ4n) is 7.65. The minimum atomic E-state index is -1.77. The summed E-state index contributed by atoms with van der Waals surface area (Å²) in [5, 5.41) is 32.4. The molecule has 69 heavy (non-hydrogen) atoms. The Labute approximate surface area is 407 Å². The minimum absolute atomic E-state index is 0.00449. The summed E-state index contributed by atoms with van der Waals surface area (Å²) in [7, 11) is 4.20. The van der Waals surface area contributed by atoms with Crippen molar-refractivity contribution in [3.05, 3.63) is 35.9 Å². The molecule has 0 aliphatic heterocycles. The highest BCUT2D eigenvalue weighted by Gasteiger charge is 2.43. The number of hydrogen-bond donors (Lipinski definition) is 7. The Kier molecular flexibility index (Phi) is 24.7. The summed E-state index contributed by atoms with van der Waals surface area (Å²) in [6.45, 7) is 18.1. The maximum Gasteiger partial charge on any atom is 0.308 e. The highest BCUT2D eigenvalue weighted by Crippen LogP contribution is 2.22. The molecule has 1 aromatic rings. The van der Waals surface area contributed by atoms with Crippen molar-refractivity contribution in [2.75, 3.05) is 34.2 Å². The molecule has 388 valence electrons. The first-order valence-corrected chi connectivity index (χ1v) is 23.8. The fourth-order valence-corrected chi connectivity index (χ4v) is 7.65. The number of amides is 8. The minimum Gasteiger partial charge on any atom is -0.481 e. The lowest BCUT2D eigenvalue weighted by Crippen LogP contribution is -2.60. The molecule has 0 aromatic heterocycles.